The standard InChI is InChI=1S/C24H27N3O5/c1-12-8-13(2)21(14(3)9-12)27-23(29)19(22(28)26-24(27)30)20-16-11-18(32-5)17(31-4)10-15(16)6-7-25-20/h8-11,20,25,29H,6-7H2,1-5H3,(H,26,28,30). The van der Waals surface area contributed by atoms with Gasteiger partial charge in [0.15, 0.2) is 11.5 Å². The van der Waals surface area contributed by atoms with Gasteiger partial charge in [-0.15, -0.1) is 0 Å². The SMILES string of the molecule is COc1cc2c(cc1OC)C(c1c(O)n(-c3c(C)cc(C)cc3C)c(=O)[nH]c1=O)NCC2. The third-order valence-corrected chi connectivity index (χ3v) is 5.97. The zero-order valence-corrected chi connectivity index (χ0v) is 18.8. The Morgan fingerprint density at radius 3 is 2.25 bits per heavy atom. The van der Waals surface area contributed by atoms with E-state index in [1.165, 1.54) is 4.57 Å². The molecule has 1 atom stereocenters. The third-order valence-electron chi connectivity index (χ3n) is 5.97. The number of aryl methyl sites for hydroxylation is 3. The Morgan fingerprint density at radius 1 is 1.00 bits per heavy atom. The average molecular weight is 437 g/mol. The molecule has 1 unspecified atom stereocenters. The van der Waals surface area contributed by atoms with Gasteiger partial charge in [0.1, 0.15) is 0 Å². The van der Waals surface area contributed by atoms with Crippen LogP contribution in [0.15, 0.2) is 33.9 Å². The van der Waals surface area contributed by atoms with Crippen molar-refractivity contribution in [2.24, 2.45) is 0 Å². The highest BCUT2D eigenvalue weighted by atomic mass is 16.5. The van der Waals surface area contributed by atoms with Gasteiger partial charge in [-0.05, 0) is 61.6 Å². The van der Waals surface area contributed by atoms with Gasteiger partial charge in [-0.2, -0.15) is 0 Å². The molecule has 0 saturated heterocycles. The van der Waals surface area contributed by atoms with Crippen molar-refractivity contribution in [2.75, 3.05) is 20.8 Å². The van der Waals surface area contributed by atoms with Gasteiger partial charge in [-0.25, -0.2) is 9.36 Å². The van der Waals surface area contributed by atoms with E-state index < -0.39 is 17.3 Å². The van der Waals surface area contributed by atoms with Crippen LogP contribution in [-0.4, -0.2) is 35.4 Å². The largest absolute Gasteiger partial charge is 0.494 e. The molecule has 0 bridgehead atoms. The Labute approximate surface area is 185 Å². The maximum absolute atomic E-state index is 12.9. The first kappa shape index (κ1) is 21.7. The van der Waals surface area contributed by atoms with E-state index in [9.17, 15) is 14.7 Å². The molecule has 0 radical (unpaired) electrons. The summed E-state index contributed by atoms with van der Waals surface area (Å²) in [5.41, 5.74) is 3.77. The fourth-order valence-electron chi connectivity index (χ4n) is 4.67. The minimum atomic E-state index is -0.686. The first-order chi connectivity index (χ1) is 15.3. The predicted octanol–water partition coefficient (Wildman–Crippen LogP) is 2.41. The lowest BCUT2D eigenvalue weighted by Crippen LogP contribution is -2.39. The Morgan fingerprint density at radius 2 is 1.62 bits per heavy atom. The van der Waals surface area contributed by atoms with Crippen LogP contribution in [-0.2, 0) is 6.42 Å². The van der Waals surface area contributed by atoms with E-state index in [0.717, 1.165) is 34.2 Å². The number of aromatic nitrogens is 2. The molecule has 1 aromatic heterocycles. The second-order valence-electron chi connectivity index (χ2n) is 8.12. The van der Waals surface area contributed by atoms with Crippen LogP contribution in [0, 0.1) is 20.8 Å². The molecule has 0 aliphatic carbocycles. The number of nitrogens with one attached hydrogen (secondary N) is 2. The van der Waals surface area contributed by atoms with Gasteiger partial charge in [-0.1, -0.05) is 17.7 Å². The molecular formula is C24H27N3O5. The number of aromatic amines is 1. The highest BCUT2D eigenvalue weighted by Gasteiger charge is 2.30. The molecular weight excluding hydrogens is 410 g/mol. The molecule has 8 nitrogen and oxygen atoms in total. The minimum Gasteiger partial charge on any atom is -0.494 e. The van der Waals surface area contributed by atoms with Gasteiger partial charge in [0, 0.05) is 6.54 Å². The summed E-state index contributed by atoms with van der Waals surface area (Å²) in [5, 5.41) is 14.6. The molecule has 3 N–H and O–H groups in total. The van der Waals surface area contributed by atoms with Gasteiger partial charge in [0.05, 0.1) is 31.5 Å². The second kappa shape index (κ2) is 8.20. The van der Waals surface area contributed by atoms with Gasteiger partial charge in [-0.3, -0.25) is 9.78 Å². The molecule has 0 fully saturated rings. The summed E-state index contributed by atoms with van der Waals surface area (Å²) >= 11 is 0. The molecule has 0 spiro atoms. The van der Waals surface area contributed by atoms with Crippen LogP contribution in [0.4, 0.5) is 0 Å². The highest BCUT2D eigenvalue weighted by Crippen LogP contribution is 2.38. The first-order valence-corrected chi connectivity index (χ1v) is 10.4. The number of methoxy groups -OCH3 is 2. The van der Waals surface area contributed by atoms with E-state index in [4.69, 9.17) is 9.47 Å². The molecule has 4 rings (SSSR count). The smallest absolute Gasteiger partial charge is 0.335 e. The number of hydrogen-bond acceptors (Lipinski definition) is 6. The van der Waals surface area contributed by atoms with E-state index in [1.807, 2.05) is 45.0 Å². The first-order valence-electron chi connectivity index (χ1n) is 10.4. The summed E-state index contributed by atoms with van der Waals surface area (Å²) in [6, 6.07) is 6.94. The summed E-state index contributed by atoms with van der Waals surface area (Å²) < 4.78 is 12.0. The number of rotatable bonds is 4. The van der Waals surface area contributed by atoms with Crippen molar-refractivity contribution in [1.82, 2.24) is 14.9 Å². The van der Waals surface area contributed by atoms with Crippen LogP contribution in [0.25, 0.3) is 5.69 Å². The molecule has 2 heterocycles. The summed E-state index contributed by atoms with van der Waals surface area (Å²) in [5.74, 6) is 0.740. The summed E-state index contributed by atoms with van der Waals surface area (Å²) in [6.07, 6.45) is 0.723. The van der Waals surface area contributed by atoms with E-state index >= 15 is 0 Å². The van der Waals surface area contributed by atoms with Crippen molar-refractivity contribution in [1.29, 1.82) is 0 Å². The minimum absolute atomic E-state index is 0.0807. The molecule has 0 saturated carbocycles. The van der Waals surface area contributed by atoms with E-state index in [1.54, 1.807) is 14.2 Å². The summed E-state index contributed by atoms with van der Waals surface area (Å²) in [4.78, 5) is 28.1. The van der Waals surface area contributed by atoms with Gasteiger partial charge >= 0.3 is 5.69 Å². The number of fused-ring (bicyclic) bond motifs is 1. The maximum Gasteiger partial charge on any atom is 0.335 e. The van der Waals surface area contributed by atoms with Crippen LogP contribution in [0.1, 0.15) is 39.4 Å². The van der Waals surface area contributed by atoms with Crippen LogP contribution >= 0.6 is 0 Å². The number of benzene rings is 2. The van der Waals surface area contributed by atoms with Crippen molar-refractivity contribution < 1.29 is 14.6 Å². The van der Waals surface area contributed by atoms with E-state index in [0.29, 0.717) is 23.7 Å². The summed E-state index contributed by atoms with van der Waals surface area (Å²) in [7, 11) is 3.12. The summed E-state index contributed by atoms with van der Waals surface area (Å²) in [6.45, 7) is 6.30. The predicted molar refractivity (Wildman–Crippen MR) is 122 cm³/mol. The number of H-pyrrole nitrogens is 1. The van der Waals surface area contributed by atoms with Crippen LogP contribution in [0.2, 0.25) is 0 Å². The number of ether oxygens (including phenoxy) is 2. The Hall–Kier alpha value is -3.52. The molecule has 168 valence electrons. The topological polar surface area (TPSA) is 106 Å². The Bertz CT molecular complexity index is 1300. The Kier molecular flexibility index (Phi) is 5.56. The normalized spacial score (nSPS) is 15.3. The highest BCUT2D eigenvalue weighted by molar-refractivity contribution is 5.55. The molecule has 8 heteroatoms. The van der Waals surface area contributed by atoms with Crippen LogP contribution < -0.4 is 26.0 Å². The molecule has 2 aromatic carbocycles. The van der Waals surface area contributed by atoms with Crippen molar-refractivity contribution in [2.45, 2.75) is 33.2 Å². The van der Waals surface area contributed by atoms with Crippen molar-refractivity contribution in [3.63, 3.8) is 0 Å². The zero-order valence-electron chi connectivity index (χ0n) is 18.8. The van der Waals surface area contributed by atoms with Crippen LogP contribution in [0.5, 0.6) is 17.4 Å². The number of aromatic hydroxyl groups is 1. The second-order valence-corrected chi connectivity index (χ2v) is 8.12. The van der Waals surface area contributed by atoms with Gasteiger partial charge in [0.2, 0.25) is 5.88 Å². The van der Waals surface area contributed by atoms with Crippen LogP contribution in [0.3, 0.4) is 0 Å². The Balaban J connectivity index is 1.98. The van der Waals surface area contributed by atoms with Gasteiger partial charge in [0.25, 0.3) is 5.56 Å². The number of nitrogens with zero attached hydrogens (tertiary/aromatic N) is 1. The lowest BCUT2D eigenvalue weighted by atomic mass is 9.90. The quantitative estimate of drug-likeness (QED) is 0.579. The van der Waals surface area contributed by atoms with E-state index in [-0.39, 0.29) is 11.4 Å². The van der Waals surface area contributed by atoms with Crippen molar-refractivity contribution >= 4 is 0 Å². The zero-order chi connectivity index (χ0) is 23.2. The molecule has 1 aliphatic rings. The van der Waals surface area contributed by atoms with Crippen molar-refractivity contribution in [3.05, 3.63) is 78.5 Å². The monoisotopic (exact) mass is 437 g/mol. The lowest BCUT2D eigenvalue weighted by molar-refractivity contribution is 0.352. The lowest BCUT2D eigenvalue weighted by Gasteiger charge is -2.29. The fraction of sp³-hybridized carbons (Fsp3) is 0.333. The van der Waals surface area contributed by atoms with E-state index in [2.05, 4.69) is 10.3 Å². The number of hydrogen-bond donors (Lipinski definition) is 3. The van der Waals surface area contributed by atoms with Gasteiger partial charge < -0.3 is 19.9 Å². The molecule has 3 aromatic rings. The molecule has 1 aliphatic heterocycles. The maximum atomic E-state index is 12.9. The molecule has 0 amide bonds. The third kappa shape index (κ3) is 3.46. The van der Waals surface area contributed by atoms with Crippen molar-refractivity contribution in [3.8, 4) is 23.1 Å². The fourth-order valence-corrected chi connectivity index (χ4v) is 4.67. The molecule has 32 heavy (non-hydrogen) atoms. The average Bonchev–Trinajstić information content (AvgIpc) is 2.74.